The highest BCUT2D eigenvalue weighted by molar-refractivity contribution is 6.01. The van der Waals surface area contributed by atoms with Crippen LogP contribution < -0.4 is 10.1 Å². The van der Waals surface area contributed by atoms with Gasteiger partial charge in [0, 0.05) is 29.8 Å². The van der Waals surface area contributed by atoms with Crippen molar-refractivity contribution < 1.29 is 9.53 Å². The molecule has 0 unspecified atom stereocenters. The summed E-state index contributed by atoms with van der Waals surface area (Å²) in [5, 5.41) is 3.90. The summed E-state index contributed by atoms with van der Waals surface area (Å²) in [5.74, 6) is 0.647. The van der Waals surface area contributed by atoms with Gasteiger partial charge in [0.05, 0.1) is 7.11 Å². The maximum absolute atomic E-state index is 12.4. The third-order valence-corrected chi connectivity index (χ3v) is 3.67. The van der Waals surface area contributed by atoms with Gasteiger partial charge in [-0.2, -0.15) is 0 Å². The van der Waals surface area contributed by atoms with Crippen molar-refractivity contribution in [3.05, 3.63) is 59.5 Å². The number of ether oxygens (including phenoxy) is 1. The lowest BCUT2D eigenvalue weighted by molar-refractivity contribution is 0.0946. The van der Waals surface area contributed by atoms with E-state index < -0.39 is 0 Å². The van der Waals surface area contributed by atoms with E-state index in [9.17, 15) is 4.79 Å². The van der Waals surface area contributed by atoms with Gasteiger partial charge in [0.15, 0.2) is 0 Å². The predicted molar refractivity (Wildman–Crippen MR) is 85.0 cm³/mol. The van der Waals surface area contributed by atoms with Crippen LogP contribution in [0.25, 0.3) is 10.9 Å². The molecule has 1 aromatic carbocycles. The van der Waals surface area contributed by atoms with Crippen LogP contribution >= 0.6 is 0 Å². The quantitative estimate of drug-likeness (QED) is 0.777. The molecular weight excluding hydrogens is 278 g/mol. The van der Waals surface area contributed by atoms with Crippen LogP contribution in [0, 0.1) is 6.92 Å². The number of hydrogen-bond donors (Lipinski definition) is 2. The molecule has 1 amide bonds. The number of fused-ring (bicyclic) bond motifs is 1. The van der Waals surface area contributed by atoms with Gasteiger partial charge in [-0.25, -0.2) is 0 Å². The van der Waals surface area contributed by atoms with E-state index in [1.807, 2.05) is 37.3 Å². The number of carbonyl (C=O) groups is 1. The Bertz CT molecular complexity index is 809. The van der Waals surface area contributed by atoms with E-state index in [1.54, 1.807) is 19.5 Å². The Morgan fingerprint density at radius 1 is 1.36 bits per heavy atom. The molecule has 3 rings (SSSR count). The van der Waals surface area contributed by atoms with Crippen molar-refractivity contribution in [2.45, 2.75) is 13.5 Å². The molecule has 0 saturated carbocycles. The molecule has 0 atom stereocenters. The SMILES string of the molecule is COc1ccc2[nH]c(C(=O)NCc3cccnc3)c(C)c2c1. The summed E-state index contributed by atoms with van der Waals surface area (Å²) in [4.78, 5) is 19.6. The van der Waals surface area contributed by atoms with Crippen molar-refractivity contribution in [2.24, 2.45) is 0 Å². The van der Waals surface area contributed by atoms with Gasteiger partial charge in [-0.15, -0.1) is 0 Å². The number of aromatic nitrogens is 2. The number of aryl methyl sites for hydroxylation is 1. The molecule has 0 aliphatic carbocycles. The van der Waals surface area contributed by atoms with Crippen molar-refractivity contribution in [3.8, 4) is 5.75 Å². The first-order valence-corrected chi connectivity index (χ1v) is 7.02. The first-order chi connectivity index (χ1) is 10.7. The van der Waals surface area contributed by atoms with Crippen molar-refractivity contribution in [2.75, 3.05) is 7.11 Å². The molecule has 2 heterocycles. The van der Waals surface area contributed by atoms with Gasteiger partial charge < -0.3 is 15.0 Å². The Kier molecular flexibility index (Phi) is 3.78. The van der Waals surface area contributed by atoms with Crippen molar-refractivity contribution >= 4 is 16.8 Å². The molecule has 112 valence electrons. The van der Waals surface area contributed by atoms with Crippen LogP contribution in [0.4, 0.5) is 0 Å². The van der Waals surface area contributed by atoms with Crippen molar-refractivity contribution in [1.82, 2.24) is 15.3 Å². The molecule has 5 nitrogen and oxygen atoms in total. The van der Waals surface area contributed by atoms with Crippen LogP contribution in [0.5, 0.6) is 5.75 Å². The number of rotatable bonds is 4. The maximum atomic E-state index is 12.4. The number of amides is 1. The highest BCUT2D eigenvalue weighted by Gasteiger charge is 2.15. The minimum Gasteiger partial charge on any atom is -0.497 e. The first kappa shape index (κ1) is 14.1. The third kappa shape index (κ3) is 2.65. The van der Waals surface area contributed by atoms with E-state index in [0.29, 0.717) is 12.2 Å². The second kappa shape index (κ2) is 5.89. The van der Waals surface area contributed by atoms with E-state index in [-0.39, 0.29) is 5.91 Å². The van der Waals surface area contributed by atoms with E-state index in [1.165, 1.54) is 0 Å². The number of H-pyrrole nitrogens is 1. The fraction of sp³-hybridized carbons (Fsp3) is 0.176. The van der Waals surface area contributed by atoms with Gasteiger partial charge in [0.25, 0.3) is 5.91 Å². The van der Waals surface area contributed by atoms with E-state index in [4.69, 9.17) is 4.74 Å². The number of hydrogen-bond acceptors (Lipinski definition) is 3. The molecule has 5 heteroatoms. The van der Waals surface area contributed by atoms with Crippen LogP contribution in [0.15, 0.2) is 42.7 Å². The van der Waals surface area contributed by atoms with Crippen LogP contribution in [-0.2, 0) is 6.54 Å². The van der Waals surface area contributed by atoms with Gasteiger partial charge in [0.2, 0.25) is 0 Å². The smallest absolute Gasteiger partial charge is 0.268 e. The Balaban J connectivity index is 1.83. The molecule has 22 heavy (non-hydrogen) atoms. The fourth-order valence-corrected chi connectivity index (χ4v) is 2.43. The number of carbonyl (C=O) groups excluding carboxylic acids is 1. The Morgan fingerprint density at radius 3 is 2.95 bits per heavy atom. The highest BCUT2D eigenvalue weighted by Crippen LogP contribution is 2.25. The fourth-order valence-electron chi connectivity index (χ4n) is 2.43. The molecule has 0 aliphatic heterocycles. The summed E-state index contributed by atoms with van der Waals surface area (Å²) in [5.41, 5.74) is 3.38. The Morgan fingerprint density at radius 2 is 2.23 bits per heavy atom. The van der Waals surface area contributed by atoms with Crippen LogP contribution in [0.3, 0.4) is 0 Å². The van der Waals surface area contributed by atoms with Crippen molar-refractivity contribution in [3.63, 3.8) is 0 Å². The molecule has 0 aliphatic rings. The average Bonchev–Trinajstić information content (AvgIpc) is 2.90. The topological polar surface area (TPSA) is 67.0 Å². The summed E-state index contributed by atoms with van der Waals surface area (Å²) in [6, 6.07) is 9.49. The number of aromatic amines is 1. The summed E-state index contributed by atoms with van der Waals surface area (Å²) >= 11 is 0. The summed E-state index contributed by atoms with van der Waals surface area (Å²) < 4.78 is 5.23. The molecule has 0 bridgehead atoms. The third-order valence-electron chi connectivity index (χ3n) is 3.67. The number of methoxy groups -OCH3 is 1. The van der Waals surface area contributed by atoms with E-state index >= 15 is 0 Å². The number of pyridine rings is 1. The van der Waals surface area contributed by atoms with Gasteiger partial charge in [0.1, 0.15) is 11.4 Å². The molecule has 0 spiro atoms. The van der Waals surface area contributed by atoms with Crippen LogP contribution in [0.2, 0.25) is 0 Å². The molecule has 3 aromatic rings. The molecule has 0 radical (unpaired) electrons. The maximum Gasteiger partial charge on any atom is 0.268 e. The zero-order valence-electron chi connectivity index (χ0n) is 12.5. The lowest BCUT2D eigenvalue weighted by Crippen LogP contribution is -2.23. The number of nitrogens with zero attached hydrogens (tertiary/aromatic N) is 1. The van der Waals surface area contributed by atoms with Crippen LogP contribution in [0.1, 0.15) is 21.6 Å². The average molecular weight is 295 g/mol. The molecule has 0 saturated heterocycles. The van der Waals surface area contributed by atoms with E-state index in [2.05, 4.69) is 15.3 Å². The monoisotopic (exact) mass is 295 g/mol. The Labute approximate surface area is 128 Å². The molecule has 2 aromatic heterocycles. The number of benzene rings is 1. The van der Waals surface area contributed by atoms with Gasteiger partial charge in [-0.3, -0.25) is 9.78 Å². The molecule has 2 N–H and O–H groups in total. The van der Waals surface area contributed by atoms with Crippen LogP contribution in [-0.4, -0.2) is 23.0 Å². The highest BCUT2D eigenvalue weighted by atomic mass is 16.5. The van der Waals surface area contributed by atoms with Gasteiger partial charge >= 0.3 is 0 Å². The zero-order chi connectivity index (χ0) is 15.5. The second-order valence-corrected chi connectivity index (χ2v) is 5.08. The summed E-state index contributed by atoms with van der Waals surface area (Å²) in [7, 11) is 1.63. The van der Waals surface area contributed by atoms with Gasteiger partial charge in [-0.05, 0) is 42.3 Å². The molecular formula is C17H17N3O2. The predicted octanol–water partition coefficient (Wildman–Crippen LogP) is 2.81. The number of nitrogens with one attached hydrogen (secondary N) is 2. The second-order valence-electron chi connectivity index (χ2n) is 5.08. The summed E-state index contributed by atoms with van der Waals surface area (Å²) in [6.07, 6.45) is 3.45. The minimum absolute atomic E-state index is 0.128. The minimum atomic E-state index is -0.128. The normalized spacial score (nSPS) is 10.6. The first-order valence-electron chi connectivity index (χ1n) is 7.02. The van der Waals surface area contributed by atoms with Crippen molar-refractivity contribution in [1.29, 1.82) is 0 Å². The Hall–Kier alpha value is -2.82. The van der Waals surface area contributed by atoms with E-state index in [0.717, 1.165) is 27.8 Å². The largest absolute Gasteiger partial charge is 0.497 e. The lowest BCUT2D eigenvalue weighted by atomic mass is 10.1. The molecule has 0 fully saturated rings. The standard InChI is InChI=1S/C17H17N3O2/c1-11-14-8-13(22-2)5-6-15(14)20-16(11)17(21)19-10-12-4-3-7-18-9-12/h3-9,20H,10H2,1-2H3,(H,19,21). The zero-order valence-corrected chi connectivity index (χ0v) is 12.5. The van der Waals surface area contributed by atoms with Gasteiger partial charge in [-0.1, -0.05) is 6.07 Å². The summed E-state index contributed by atoms with van der Waals surface area (Å²) in [6.45, 7) is 2.38. The lowest BCUT2D eigenvalue weighted by Gasteiger charge is -2.04.